The summed E-state index contributed by atoms with van der Waals surface area (Å²) in [6.45, 7) is 0.546. The first kappa shape index (κ1) is 15.2. The number of nitrogens with zero attached hydrogens (tertiary/aromatic N) is 1. The van der Waals surface area contributed by atoms with Gasteiger partial charge in [0.15, 0.2) is 0 Å². The van der Waals surface area contributed by atoms with E-state index in [2.05, 4.69) is 10.3 Å². The van der Waals surface area contributed by atoms with Crippen molar-refractivity contribution in [3.8, 4) is 0 Å². The maximum atomic E-state index is 11.9. The highest BCUT2D eigenvalue weighted by Crippen LogP contribution is 2.24. The maximum absolute atomic E-state index is 11.9. The minimum absolute atomic E-state index is 0.128. The number of carbonyl (C=O) groups is 1. The molecule has 1 amide bonds. The molecular formula is C17H20N2O2S. The molecule has 1 saturated carbocycles. The lowest BCUT2D eigenvalue weighted by atomic mass is 9.86. The Balaban J connectivity index is 1.54. The largest absolute Gasteiger partial charge is 0.393 e. The topological polar surface area (TPSA) is 62.2 Å². The van der Waals surface area contributed by atoms with Crippen LogP contribution in [0.3, 0.4) is 0 Å². The van der Waals surface area contributed by atoms with E-state index in [1.165, 1.54) is 6.08 Å². The van der Waals surface area contributed by atoms with Gasteiger partial charge in [-0.15, -0.1) is 11.3 Å². The molecule has 5 heteroatoms. The first-order valence-corrected chi connectivity index (χ1v) is 8.53. The van der Waals surface area contributed by atoms with E-state index < -0.39 is 0 Å². The minimum atomic E-state index is -0.276. The first-order valence-electron chi connectivity index (χ1n) is 7.72. The Morgan fingerprint density at radius 2 is 2.18 bits per heavy atom. The van der Waals surface area contributed by atoms with Crippen molar-refractivity contribution in [1.82, 2.24) is 10.3 Å². The number of para-hydroxylation sites is 1. The summed E-state index contributed by atoms with van der Waals surface area (Å²) in [5.41, 5.74) is 0.956. The van der Waals surface area contributed by atoms with Crippen LogP contribution in [0.4, 0.5) is 0 Å². The fraction of sp³-hybridized carbons (Fsp3) is 0.412. The van der Waals surface area contributed by atoms with Crippen LogP contribution in [0.5, 0.6) is 0 Å². The number of amides is 1. The molecule has 2 atom stereocenters. The second kappa shape index (κ2) is 7.03. The van der Waals surface area contributed by atoms with Crippen molar-refractivity contribution in [2.45, 2.75) is 31.8 Å². The first-order chi connectivity index (χ1) is 10.7. The predicted octanol–water partition coefficient (Wildman–Crippen LogP) is 2.98. The van der Waals surface area contributed by atoms with E-state index in [0.29, 0.717) is 6.54 Å². The van der Waals surface area contributed by atoms with Crippen LogP contribution in [0.1, 0.15) is 30.7 Å². The third kappa shape index (κ3) is 3.72. The molecule has 3 rings (SSSR count). The summed E-state index contributed by atoms with van der Waals surface area (Å²) in [6.07, 6.45) is 7.06. The number of benzene rings is 1. The van der Waals surface area contributed by atoms with Gasteiger partial charge in [-0.25, -0.2) is 4.98 Å². The average molecular weight is 316 g/mol. The van der Waals surface area contributed by atoms with Gasteiger partial charge < -0.3 is 10.4 Å². The van der Waals surface area contributed by atoms with Crippen LogP contribution in [-0.2, 0) is 4.79 Å². The Bertz CT molecular complexity index is 647. The SMILES string of the molecule is O=C(/C=C/c1nc2ccccc2s1)NC[C@@H]1CCCC[C@@H]1O. The zero-order valence-corrected chi connectivity index (χ0v) is 13.2. The van der Waals surface area contributed by atoms with Gasteiger partial charge >= 0.3 is 0 Å². The van der Waals surface area contributed by atoms with E-state index in [9.17, 15) is 9.90 Å². The second-order valence-corrected chi connectivity index (χ2v) is 6.77. The van der Waals surface area contributed by atoms with Crippen molar-refractivity contribution >= 4 is 33.5 Å². The van der Waals surface area contributed by atoms with Gasteiger partial charge in [-0.3, -0.25) is 4.79 Å². The summed E-state index contributed by atoms with van der Waals surface area (Å²) >= 11 is 1.57. The summed E-state index contributed by atoms with van der Waals surface area (Å²) < 4.78 is 1.12. The number of rotatable bonds is 4. The molecular weight excluding hydrogens is 296 g/mol. The lowest BCUT2D eigenvalue weighted by molar-refractivity contribution is -0.116. The number of thiazole rings is 1. The van der Waals surface area contributed by atoms with Crippen LogP contribution in [0.15, 0.2) is 30.3 Å². The van der Waals surface area contributed by atoms with Gasteiger partial charge in [-0.05, 0) is 31.1 Å². The molecule has 1 aliphatic carbocycles. The number of hydrogen-bond acceptors (Lipinski definition) is 4. The summed E-state index contributed by atoms with van der Waals surface area (Å²) in [6, 6.07) is 7.93. The Hall–Kier alpha value is -1.72. The van der Waals surface area contributed by atoms with Crippen LogP contribution >= 0.6 is 11.3 Å². The maximum Gasteiger partial charge on any atom is 0.244 e. The predicted molar refractivity (Wildman–Crippen MR) is 89.6 cm³/mol. The highest BCUT2D eigenvalue weighted by molar-refractivity contribution is 7.19. The fourth-order valence-electron chi connectivity index (χ4n) is 2.83. The summed E-state index contributed by atoms with van der Waals surface area (Å²) in [7, 11) is 0. The van der Waals surface area contributed by atoms with Crippen LogP contribution < -0.4 is 5.32 Å². The Morgan fingerprint density at radius 3 is 3.00 bits per heavy atom. The molecule has 1 aromatic heterocycles. The Kier molecular flexibility index (Phi) is 4.85. The molecule has 1 aromatic carbocycles. The molecule has 2 N–H and O–H groups in total. The zero-order chi connectivity index (χ0) is 15.4. The van der Waals surface area contributed by atoms with Crippen molar-refractivity contribution in [2.75, 3.05) is 6.54 Å². The molecule has 116 valence electrons. The van der Waals surface area contributed by atoms with Crippen molar-refractivity contribution in [3.05, 3.63) is 35.3 Å². The molecule has 4 nitrogen and oxygen atoms in total. The molecule has 0 bridgehead atoms. The number of aliphatic hydroxyl groups is 1. The highest BCUT2D eigenvalue weighted by Gasteiger charge is 2.22. The lowest BCUT2D eigenvalue weighted by Crippen LogP contribution is -2.36. The number of nitrogens with one attached hydrogen (secondary N) is 1. The van der Waals surface area contributed by atoms with E-state index >= 15 is 0 Å². The van der Waals surface area contributed by atoms with E-state index in [0.717, 1.165) is 40.9 Å². The normalized spacial score (nSPS) is 22.2. The summed E-state index contributed by atoms with van der Waals surface area (Å²) in [5, 5.41) is 13.6. The standard InChI is InChI=1S/C17H20N2O2S/c20-14-7-3-1-5-12(14)11-18-16(21)9-10-17-19-13-6-2-4-8-15(13)22-17/h2,4,6,8-10,12,14,20H,1,3,5,7,11H2,(H,18,21)/b10-9+/t12-,14-/m0/s1. The van der Waals surface area contributed by atoms with Crippen LogP contribution in [-0.4, -0.2) is 28.6 Å². The third-order valence-electron chi connectivity index (χ3n) is 4.10. The molecule has 0 saturated heterocycles. The molecule has 2 aromatic rings. The van der Waals surface area contributed by atoms with Gasteiger partial charge in [-0.1, -0.05) is 25.0 Å². The van der Waals surface area contributed by atoms with Gasteiger partial charge in [0.2, 0.25) is 5.91 Å². The fourth-order valence-corrected chi connectivity index (χ4v) is 3.70. The molecule has 1 heterocycles. The third-order valence-corrected chi connectivity index (χ3v) is 5.10. The van der Waals surface area contributed by atoms with Gasteiger partial charge in [-0.2, -0.15) is 0 Å². The van der Waals surface area contributed by atoms with Crippen LogP contribution in [0.2, 0.25) is 0 Å². The summed E-state index contributed by atoms with van der Waals surface area (Å²) in [5.74, 6) is 0.0607. The quantitative estimate of drug-likeness (QED) is 0.853. The molecule has 0 spiro atoms. The summed E-state index contributed by atoms with van der Waals surface area (Å²) in [4.78, 5) is 16.3. The number of aromatic nitrogens is 1. The van der Waals surface area contributed by atoms with E-state index in [4.69, 9.17) is 0 Å². The van der Waals surface area contributed by atoms with E-state index in [1.807, 2.05) is 24.3 Å². The van der Waals surface area contributed by atoms with E-state index in [1.54, 1.807) is 17.4 Å². The minimum Gasteiger partial charge on any atom is -0.393 e. The van der Waals surface area contributed by atoms with Gasteiger partial charge in [0, 0.05) is 18.5 Å². The van der Waals surface area contributed by atoms with Crippen molar-refractivity contribution in [3.63, 3.8) is 0 Å². The smallest absolute Gasteiger partial charge is 0.244 e. The molecule has 22 heavy (non-hydrogen) atoms. The van der Waals surface area contributed by atoms with Crippen molar-refractivity contribution in [2.24, 2.45) is 5.92 Å². The number of carbonyl (C=O) groups excluding carboxylic acids is 1. The second-order valence-electron chi connectivity index (χ2n) is 5.71. The lowest BCUT2D eigenvalue weighted by Gasteiger charge is -2.27. The van der Waals surface area contributed by atoms with Crippen LogP contribution in [0.25, 0.3) is 16.3 Å². The molecule has 1 fully saturated rings. The molecule has 1 aliphatic rings. The highest BCUT2D eigenvalue weighted by atomic mass is 32.1. The van der Waals surface area contributed by atoms with Gasteiger partial charge in [0.25, 0.3) is 0 Å². The zero-order valence-electron chi connectivity index (χ0n) is 12.4. The Morgan fingerprint density at radius 1 is 1.36 bits per heavy atom. The number of fused-ring (bicyclic) bond motifs is 1. The molecule has 0 radical (unpaired) electrons. The van der Waals surface area contributed by atoms with Crippen molar-refractivity contribution < 1.29 is 9.90 Å². The van der Waals surface area contributed by atoms with Gasteiger partial charge in [0.05, 0.1) is 16.3 Å². The monoisotopic (exact) mass is 316 g/mol. The Labute approximate surface area is 133 Å². The molecule has 0 aliphatic heterocycles. The van der Waals surface area contributed by atoms with Crippen LogP contribution in [0, 0.1) is 5.92 Å². The molecule has 0 unspecified atom stereocenters. The number of hydrogen-bond donors (Lipinski definition) is 2. The van der Waals surface area contributed by atoms with Gasteiger partial charge in [0.1, 0.15) is 5.01 Å². The van der Waals surface area contributed by atoms with E-state index in [-0.39, 0.29) is 17.9 Å². The number of aliphatic hydroxyl groups excluding tert-OH is 1. The average Bonchev–Trinajstić information content (AvgIpc) is 2.95. The van der Waals surface area contributed by atoms with Crippen molar-refractivity contribution in [1.29, 1.82) is 0 Å².